The number of amides is 1. The minimum absolute atomic E-state index is 0.302. The van der Waals surface area contributed by atoms with Crippen molar-refractivity contribution in [1.82, 2.24) is 4.98 Å². The summed E-state index contributed by atoms with van der Waals surface area (Å²) in [6.45, 7) is 0. The number of carbonyl (C=O) groups is 2. The van der Waals surface area contributed by atoms with Crippen molar-refractivity contribution >= 4 is 39.9 Å². The maximum atomic E-state index is 12.4. The molecule has 2 aromatic rings. The zero-order valence-electron chi connectivity index (χ0n) is 12.6. The Balaban J connectivity index is 1.72. The number of carbonyl (C=O) groups excluding carboxylic acids is 1. The maximum Gasteiger partial charge on any atom is 0.307 e. The van der Waals surface area contributed by atoms with Gasteiger partial charge in [0.05, 0.1) is 17.5 Å². The third-order valence-corrected chi connectivity index (χ3v) is 4.97. The number of nitrogens with zero attached hydrogens (tertiary/aromatic N) is 1. The summed E-state index contributed by atoms with van der Waals surface area (Å²) in [4.78, 5) is 28.1. The standard InChI is InChI=1S/C17H15ClN2O3S/c18-11-7-5-10(6-8-11)14-9-24-17(19-14)20-15(21)12-3-1-2-4-13(12)16(22)23/h1-2,5-9,12-13H,3-4H2,(H,22,23)(H,19,20,21)/t12-,13-/m0/s1. The molecule has 2 atom stereocenters. The van der Waals surface area contributed by atoms with Crippen molar-refractivity contribution in [3.05, 3.63) is 46.8 Å². The van der Waals surface area contributed by atoms with E-state index in [2.05, 4.69) is 10.3 Å². The van der Waals surface area contributed by atoms with Gasteiger partial charge in [-0.2, -0.15) is 0 Å². The van der Waals surface area contributed by atoms with Crippen molar-refractivity contribution in [1.29, 1.82) is 0 Å². The number of hydrogen-bond donors (Lipinski definition) is 2. The highest BCUT2D eigenvalue weighted by Gasteiger charge is 2.34. The highest BCUT2D eigenvalue weighted by atomic mass is 35.5. The molecule has 124 valence electrons. The Hall–Kier alpha value is -2.18. The molecule has 0 fully saturated rings. The number of hydrogen-bond acceptors (Lipinski definition) is 4. The van der Waals surface area contributed by atoms with Gasteiger partial charge in [-0.1, -0.05) is 35.9 Å². The first-order valence-electron chi connectivity index (χ1n) is 7.44. The van der Waals surface area contributed by atoms with Gasteiger partial charge in [0, 0.05) is 16.0 Å². The molecule has 7 heteroatoms. The number of carboxylic acid groups (broad SMARTS) is 1. The SMILES string of the molecule is O=C(O)[C@H]1CC=CC[C@@H]1C(=O)Nc1nc(-c2ccc(Cl)cc2)cs1. The van der Waals surface area contributed by atoms with Crippen LogP contribution < -0.4 is 5.32 Å². The molecule has 5 nitrogen and oxygen atoms in total. The van der Waals surface area contributed by atoms with E-state index in [1.54, 1.807) is 12.1 Å². The van der Waals surface area contributed by atoms with Crippen LogP contribution in [-0.4, -0.2) is 22.0 Å². The van der Waals surface area contributed by atoms with Crippen LogP contribution in [0.25, 0.3) is 11.3 Å². The van der Waals surface area contributed by atoms with Crippen LogP contribution in [0.4, 0.5) is 5.13 Å². The highest BCUT2D eigenvalue weighted by molar-refractivity contribution is 7.14. The van der Waals surface area contributed by atoms with Crippen molar-refractivity contribution in [2.24, 2.45) is 11.8 Å². The first-order valence-corrected chi connectivity index (χ1v) is 8.70. The van der Waals surface area contributed by atoms with E-state index < -0.39 is 17.8 Å². The van der Waals surface area contributed by atoms with Crippen LogP contribution in [-0.2, 0) is 9.59 Å². The number of allylic oxidation sites excluding steroid dienone is 2. The molecular weight excluding hydrogens is 348 g/mol. The van der Waals surface area contributed by atoms with Crippen LogP contribution in [0.2, 0.25) is 5.02 Å². The molecule has 1 heterocycles. The minimum Gasteiger partial charge on any atom is -0.481 e. The molecule has 24 heavy (non-hydrogen) atoms. The molecule has 0 saturated carbocycles. The molecule has 2 N–H and O–H groups in total. The predicted octanol–water partition coefficient (Wildman–Crippen LogP) is 4.07. The average Bonchev–Trinajstić information content (AvgIpc) is 3.04. The second kappa shape index (κ2) is 7.15. The summed E-state index contributed by atoms with van der Waals surface area (Å²) in [7, 11) is 0. The van der Waals surface area contributed by atoms with E-state index in [-0.39, 0.29) is 5.91 Å². The molecule has 0 unspecified atom stereocenters. The second-order valence-electron chi connectivity index (χ2n) is 5.53. The fraction of sp³-hybridized carbons (Fsp3) is 0.235. The fourth-order valence-electron chi connectivity index (χ4n) is 2.66. The first kappa shape index (κ1) is 16.7. The Bertz CT molecular complexity index is 785. The van der Waals surface area contributed by atoms with Gasteiger partial charge in [0.2, 0.25) is 5.91 Å². The number of thiazole rings is 1. The number of anilines is 1. The van der Waals surface area contributed by atoms with Crippen LogP contribution in [0.15, 0.2) is 41.8 Å². The number of carboxylic acids is 1. The van der Waals surface area contributed by atoms with Gasteiger partial charge in [-0.05, 0) is 25.0 Å². The molecule has 1 aliphatic rings. The summed E-state index contributed by atoms with van der Waals surface area (Å²) in [6, 6.07) is 7.27. The second-order valence-corrected chi connectivity index (χ2v) is 6.82. The van der Waals surface area contributed by atoms with Gasteiger partial charge in [-0.25, -0.2) is 4.98 Å². The molecule has 0 radical (unpaired) electrons. The lowest BCUT2D eigenvalue weighted by Crippen LogP contribution is -2.34. The topological polar surface area (TPSA) is 79.3 Å². The Labute approximate surface area is 148 Å². The van der Waals surface area contributed by atoms with Crippen LogP contribution in [0.5, 0.6) is 0 Å². The van der Waals surface area contributed by atoms with Crippen molar-refractivity contribution < 1.29 is 14.7 Å². The van der Waals surface area contributed by atoms with E-state index in [0.717, 1.165) is 11.3 Å². The molecule has 1 aromatic heterocycles. The van der Waals surface area contributed by atoms with Gasteiger partial charge in [0.15, 0.2) is 5.13 Å². The van der Waals surface area contributed by atoms with Crippen LogP contribution >= 0.6 is 22.9 Å². The molecule has 1 amide bonds. The van der Waals surface area contributed by atoms with Gasteiger partial charge < -0.3 is 10.4 Å². The number of aromatic nitrogens is 1. The van der Waals surface area contributed by atoms with Gasteiger partial charge in [-0.3, -0.25) is 9.59 Å². The van der Waals surface area contributed by atoms with Crippen LogP contribution in [0.3, 0.4) is 0 Å². The number of benzene rings is 1. The predicted molar refractivity (Wildman–Crippen MR) is 94.2 cm³/mol. The summed E-state index contributed by atoms with van der Waals surface area (Å²) < 4.78 is 0. The van der Waals surface area contributed by atoms with Gasteiger partial charge >= 0.3 is 5.97 Å². The zero-order chi connectivity index (χ0) is 17.1. The Morgan fingerprint density at radius 2 is 1.83 bits per heavy atom. The number of halogens is 1. The lowest BCUT2D eigenvalue weighted by molar-refractivity contribution is -0.146. The average molecular weight is 363 g/mol. The number of rotatable bonds is 4. The summed E-state index contributed by atoms with van der Waals surface area (Å²) in [5.41, 5.74) is 1.64. The Morgan fingerprint density at radius 1 is 1.17 bits per heavy atom. The van der Waals surface area contributed by atoms with E-state index in [9.17, 15) is 14.7 Å². The zero-order valence-corrected chi connectivity index (χ0v) is 14.2. The number of aliphatic carboxylic acids is 1. The fourth-order valence-corrected chi connectivity index (χ4v) is 3.51. The highest BCUT2D eigenvalue weighted by Crippen LogP contribution is 2.29. The van der Waals surface area contributed by atoms with E-state index >= 15 is 0 Å². The van der Waals surface area contributed by atoms with Gasteiger partial charge in [-0.15, -0.1) is 11.3 Å². The third-order valence-electron chi connectivity index (χ3n) is 3.96. The summed E-state index contributed by atoms with van der Waals surface area (Å²) >= 11 is 7.18. The largest absolute Gasteiger partial charge is 0.481 e. The molecule has 3 rings (SSSR count). The lowest BCUT2D eigenvalue weighted by atomic mass is 9.82. The summed E-state index contributed by atoms with van der Waals surface area (Å²) in [5, 5.41) is 15.0. The van der Waals surface area contributed by atoms with Crippen LogP contribution in [0.1, 0.15) is 12.8 Å². The summed E-state index contributed by atoms with van der Waals surface area (Å²) in [5.74, 6) is -2.51. The van der Waals surface area contributed by atoms with Crippen molar-refractivity contribution in [3.8, 4) is 11.3 Å². The smallest absolute Gasteiger partial charge is 0.307 e. The van der Waals surface area contributed by atoms with E-state index in [0.29, 0.717) is 23.0 Å². The van der Waals surface area contributed by atoms with Crippen molar-refractivity contribution in [2.45, 2.75) is 12.8 Å². The quantitative estimate of drug-likeness (QED) is 0.803. The third kappa shape index (κ3) is 3.66. The van der Waals surface area contributed by atoms with Gasteiger partial charge in [0.1, 0.15) is 0 Å². The van der Waals surface area contributed by atoms with E-state index in [1.807, 2.05) is 29.7 Å². The normalized spacial score (nSPS) is 19.9. The lowest BCUT2D eigenvalue weighted by Gasteiger charge is -2.23. The maximum absolute atomic E-state index is 12.4. The Kier molecular flexibility index (Phi) is 4.97. The molecule has 0 bridgehead atoms. The monoisotopic (exact) mass is 362 g/mol. The van der Waals surface area contributed by atoms with Crippen LogP contribution in [0, 0.1) is 11.8 Å². The molecule has 1 aliphatic carbocycles. The van der Waals surface area contributed by atoms with Crippen molar-refractivity contribution in [2.75, 3.05) is 5.32 Å². The van der Waals surface area contributed by atoms with E-state index in [1.165, 1.54) is 11.3 Å². The van der Waals surface area contributed by atoms with E-state index in [4.69, 9.17) is 11.6 Å². The van der Waals surface area contributed by atoms with Crippen molar-refractivity contribution in [3.63, 3.8) is 0 Å². The Morgan fingerprint density at radius 3 is 2.50 bits per heavy atom. The molecular formula is C17H15ClN2O3S. The molecule has 0 spiro atoms. The minimum atomic E-state index is -0.944. The molecule has 0 saturated heterocycles. The molecule has 0 aliphatic heterocycles. The molecule has 1 aromatic carbocycles. The van der Waals surface area contributed by atoms with Gasteiger partial charge in [0.25, 0.3) is 0 Å². The number of nitrogens with one attached hydrogen (secondary N) is 1. The summed E-state index contributed by atoms with van der Waals surface area (Å²) in [6.07, 6.45) is 4.47. The first-order chi connectivity index (χ1) is 11.5.